The normalized spacial score (nSPS) is 15.8. The lowest BCUT2D eigenvalue weighted by atomic mass is 9.62. The van der Waals surface area contributed by atoms with E-state index in [1.54, 1.807) is 0 Å². The Balaban J connectivity index is 0.765. The molecule has 0 radical (unpaired) electrons. The first-order valence-electron chi connectivity index (χ1n) is 27.2. The van der Waals surface area contributed by atoms with E-state index >= 15 is 0 Å². The molecule has 0 aliphatic heterocycles. The van der Waals surface area contributed by atoms with Gasteiger partial charge in [0, 0.05) is 34.1 Å². The molecular weight excluding hydrogens is 917 g/mol. The molecule has 76 heavy (non-hydrogen) atoms. The van der Waals surface area contributed by atoms with Gasteiger partial charge in [-0.25, -0.2) is 0 Å². The molecule has 0 saturated heterocycles. The number of benzene rings is 11. The molecule has 0 amide bonds. The molecule has 2 fully saturated rings. The lowest BCUT2D eigenvalue weighted by Gasteiger charge is -2.44. The predicted octanol–water partition coefficient (Wildman–Crippen LogP) is 20.9. The number of anilines is 6. The molecule has 3 atom stereocenters. The van der Waals surface area contributed by atoms with Crippen LogP contribution in [-0.2, 0) is 0 Å². The number of hydrogen-bond acceptors (Lipinski definition) is 2. The minimum Gasteiger partial charge on any atom is -0.311 e. The molecule has 13 rings (SSSR count). The third-order valence-electron chi connectivity index (χ3n) is 16.4. The summed E-state index contributed by atoms with van der Waals surface area (Å²) in [7, 11) is 0. The fraction of sp³-hybridized carbons (Fsp3) is 0.108. The van der Waals surface area contributed by atoms with Gasteiger partial charge in [-0.05, 0) is 195 Å². The fourth-order valence-corrected chi connectivity index (χ4v) is 11.9. The van der Waals surface area contributed by atoms with Gasteiger partial charge in [-0.3, -0.25) is 0 Å². The first-order valence-corrected chi connectivity index (χ1v) is 27.2. The van der Waals surface area contributed by atoms with Crippen molar-refractivity contribution in [3.63, 3.8) is 0 Å². The summed E-state index contributed by atoms with van der Waals surface area (Å²) in [5.41, 5.74) is 22.6. The van der Waals surface area contributed by atoms with E-state index in [0.29, 0.717) is 0 Å². The Morgan fingerprint density at radius 2 is 0.408 bits per heavy atom. The topological polar surface area (TPSA) is 6.48 Å². The lowest BCUT2D eigenvalue weighted by Crippen LogP contribution is -2.31. The zero-order valence-electron chi connectivity index (χ0n) is 42.8. The van der Waals surface area contributed by atoms with E-state index in [0.717, 1.165) is 63.0 Å². The average Bonchev–Trinajstić information content (AvgIpc) is 3.50. The molecule has 2 nitrogen and oxygen atoms in total. The van der Waals surface area contributed by atoms with E-state index in [2.05, 4.69) is 295 Å². The van der Waals surface area contributed by atoms with Gasteiger partial charge >= 0.3 is 0 Å². The molecule has 2 aliphatic carbocycles. The van der Waals surface area contributed by atoms with Crippen molar-refractivity contribution in [2.75, 3.05) is 9.80 Å². The molecule has 11 aromatic carbocycles. The van der Waals surface area contributed by atoms with Crippen molar-refractivity contribution in [2.45, 2.75) is 38.0 Å². The summed E-state index contributed by atoms with van der Waals surface area (Å²) < 4.78 is 0. The SMILES string of the molecule is c1ccc(-c2ccc(N(c3ccc(-c4ccccc4)cc3)c3ccc(-c4ccc(N(c5ccc(-c6ccccc6)cc5)c5ccc(-c6ccc(-c7ccc(C8CCC9CCC9C8)cc7)cc6)cc5)cc4)cc3)cc2)cc1. The van der Waals surface area contributed by atoms with E-state index in [9.17, 15) is 0 Å². The number of hydrogen-bond donors (Lipinski definition) is 0. The van der Waals surface area contributed by atoms with Crippen LogP contribution in [0.3, 0.4) is 0 Å². The van der Waals surface area contributed by atoms with Gasteiger partial charge in [-0.2, -0.15) is 0 Å². The third-order valence-corrected chi connectivity index (χ3v) is 16.4. The van der Waals surface area contributed by atoms with Crippen LogP contribution in [0.1, 0.15) is 43.6 Å². The highest BCUT2D eigenvalue weighted by atomic mass is 15.1. The molecule has 366 valence electrons. The van der Waals surface area contributed by atoms with Crippen LogP contribution in [0, 0.1) is 11.8 Å². The summed E-state index contributed by atoms with van der Waals surface area (Å²) in [6, 6.07) is 104. The summed E-state index contributed by atoms with van der Waals surface area (Å²) in [5, 5.41) is 0. The van der Waals surface area contributed by atoms with E-state index in [1.807, 2.05) is 0 Å². The van der Waals surface area contributed by atoms with Crippen LogP contribution in [0.5, 0.6) is 0 Å². The van der Waals surface area contributed by atoms with Crippen LogP contribution in [0.15, 0.2) is 285 Å². The second kappa shape index (κ2) is 21.1. The van der Waals surface area contributed by atoms with E-state index in [-0.39, 0.29) is 0 Å². The minimum absolute atomic E-state index is 0.735. The second-order valence-corrected chi connectivity index (χ2v) is 20.9. The fourth-order valence-electron chi connectivity index (χ4n) is 11.9. The monoisotopic (exact) mass is 976 g/mol. The van der Waals surface area contributed by atoms with E-state index in [4.69, 9.17) is 0 Å². The Morgan fingerprint density at radius 3 is 0.645 bits per heavy atom. The quantitative estimate of drug-likeness (QED) is 0.114. The smallest absolute Gasteiger partial charge is 0.0462 e. The van der Waals surface area contributed by atoms with Crippen molar-refractivity contribution < 1.29 is 0 Å². The van der Waals surface area contributed by atoms with Gasteiger partial charge in [0.1, 0.15) is 0 Å². The van der Waals surface area contributed by atoms with Crippen molar-refractivity contribution in [3.8, 4) is 66.8 Å². The van der Waals surface area contributed by atoms with Gasteiger partial charge in [0.05, 0.1) is 0 Å². The first kappa shape index (κ1) is 46.8. The van der Waals surface area contributed by atoms with Crippen molar-refractivity contribution in [1.29, 1.82) is 0 Å². The summed E-state index contributed by atoms with van der Waals surface area (Å²) in [6.45, 7) is 0. The minimum atomic E-state index is 0.735. The molecule has 3 unspecified atom stereocenters. The highest BCUT2D eigenvalue weighted by molar-refractivity contribution is 5.84. The van der Waals surface area contributed by atoms with Crippen LogP contribution >= 0.6 is 0 Å². The van der Waals surface area contributed by atoms with Crippen molar-refractivity contribution in [1.82, 2.24) is 0 Å². The van der Waals surface area contributed by atoms with Crippen LogP contribution in [-0.4, -0.2) is 0 Å². The third kappa shape index (κ3) is 9.79. The molecule has 11 aromatic rings. The van der Waals surface area contributed by atoms with Crippen LogP contribution in [0.2, 0.25) is 0 Å². The highest BCUT2D eigenvalue weighted by Gasteiger charge is 2.37. The molecule has 0 aromatic heterocycles. The molecular formula is C74H60N2. The Hall–Kier alpha value is -8.98. The van der Waals surface area contributed by atoms with Crippen LogP contribution in [0.4, 0.5) is 34.1 Å². The van der Waals surface area contributed by atoms with Crippen molar-refractivity contribution in [3.05, 3.63) is 291 Å². The zero-order valence-corrected chi connectivity index (χ0v) is 42.8. The van der Waals surface area contributed by atoms with Gasteiger partial charge in [0.2, 0.25) is 0 Å². The van der Waals surface area contributed by atoms with Gasteiger partial charge in [0.25, 0.3) is 0 Å². The summed E-state index contributed by atoms with van der Waals surface area (Å²) in [4.78, 5) is 4.70. The van der Waals surface area contributed by atoms with Gasteiger partial charge in [-0.15, -0.1) is 0 Å². The molecule has 0 heterocycles. The highest BCUT2D eigenvalue weighted by Crippen LogP contribution is 2.50. The zero-order chi connectivity index (χ0) is 50.6. The Morgan fingerprint density at radius 1 is 0.197 bits per heavy atom. The van der Waals surface area contributed by atoms with Crippen molar-refractivity contribution >= 4 is 34.1 Å². The molecule has 2 aliphatic rings. The largest absolute Gasteiger partial charge is 0.311 e. The van der Waals surface area contributed by atoms with E-state index < -0.39 is 0 Å². The molecule has 0 spiro atoms. The average molecular weight is 977 g/mol. The second-order valence-electron chi connectivity index (χ2n) is 20.9. The Kier molecular flexibility index (Phi) is 13.0. The molecule has 2 heteroatoms. The Labute approximate surface area is 448 Å². The lowest BCUT2D eigenvalue weighted by molar-refractivity contribution is 0.102. The van der Waals surface area contributed by atoms with Crippen LogP contribution in [0.25, 0.3) is 66.8 Å². The molecule has 2 saturated carbocycles. The number of nitrogens with zero attached hydrogens (tertiary/aromatic N) is 2. The standard InChI is InChI=1S/C74H60N2/c1-4-10-53(11-5-1)59-28-40-69(41-29-59)75(70-42-30-60(31-43-70)54-12-6-2-7-13-54)73-48-36-63(37-49-73)64-38-50-74(51-39-64)76(71-44-32-61(33-45-71)55-14-8-3-9-15-55)72-46-34-62(35-47-72)58-18-16-56(17-19-58)57-20-22-65(23-21-57)67-26-24-66-25-27-68(66)52-67/h1-23,28-51,66-68H,24-27,52H2. The maximum absolute atomic E-state index is 2.39. The number of rotatable bonds is 13. The summed E-state index contributed by atoms with van der Waals surface area (Å²) in [5.74, 6) is 2.73. The predicted molar refractivity (Wildman–Crippen MR) is 321 cm³/mol. The molecule has 0 bridgehead atoms. The Bertz CT molecular complexity index is 3570. The maximum atomic E-state index is 2.39. The summed E-state index contributed by atoms with van der Waals surface area (Å²) >= 11 is 0. The van der Waals surface area contributed by atoms with Gasteiger partial charge in [0.15, 0.2) is 0 Å². The van der Waals surface area contributed by atoms with Gasteiger partial charge < -0.3 is 9.80 Å². The molecule has 0 N–H and O–H groups in total. The van der Waals surface area contributed by atoms with E-state index in [1.165, 1.54) is 93.3 Å². The van der Waals surface area contributed by atoms with Crippen LogP contribution < -0.4 is 9.80 Å². The summed E-state index contributed by atoms with van der Waals surface area (Å²) in [6.07, 6.45) is 7.07. The first-order chi connectivity index (χ1) is 37.6. The van der Waals surface area contributed by atoms with Gasteiger partial charge in [-0.1, -0.05) is 212 Å². The number of fused-ring (bicyclic) bond motifs is 1. The maximum Gasteiger partial charge on any atom is 0.0462 e. The van der Waals surface area contributed by atoms with Crippen molar-refractivity contribution in [2.24, 2.45) is 11.8 Å².